The molecule has 26 heavy (non-hydrogen) atoms. The van der Waals surface area contributed by atoms with Crippen LogP contribution in [-0.2, 0) is 14.9 Å². The molecule has 0 aromatic heterocycles. The third kappa shape index (κ3) is 4.85. The summed E-state index contributed by atoms with van der Waals surface area (Å²) < 4.78 is 57.1. The van der Waals surface area contributed by atoms with Gasteiger partial charge >= 0.3 is 0 Å². The molecule has 0 spiro atoms. The molecule has 10 heteroatoms. The van der Waals surface area contributed by atoms with Crippen molar-refractivity contribution < 1.29 is 26.5 Å². The highest BCUT2D eigenvalue weighted by Gasteiger charge is 2.12. The van der Waals surface area contributed by atoms with E-state index in [1.807, 2.05) is 0 Å². The smallest absolute Gasteiger partial charge is 0.294 e. The Bertz CT molecular complexity index is 1010. The van der Waals surface area contributed by atoms with Crippen LogP contribution in [0.1, 0.15) is 0 Å². The second kappa shape index (κ2) is 7.73. The van der Waals surface area contributed by atoms with Crippen LogP contribution in [0.4, 0.5) is 20.2 Å². The Hall–Kier alpha value is -3.29. The number of carbonyl (C=O) groups excluding carboxylic acids is 1. The van der Waals surface area contributed by atoms with Crippen molar-refractivity contribution in [1.29, 1.82) is 5.26 Å². The molecule has 0 aliphatic carbocycles. The van der Waals surface area contributed by atoms with Crippen LogP contribution in [0.5, 0.6) is 0 Å². The molecule has 2 aromatic carbocycles. The molecule has 0 aliphatic heterocycles. The summed E-state index contributed by atoms with van der Waals surface area (Å²) in [5.41, 5.74) is -0.381. The molecule has 1 amide bonds. The zero-order chi connectivity index (χ0) is 19.3. The van der Waals surface area contributed by atoms with Crippen LogP contribution in [0.25, 0.3) is 0 Å². The normalized spacial score (nSPS) is 11.5. The lowest BCUT2D eigenvalue weighted by atomic mass is 10.2. The van der Waals surface area contributed by atoms with E-state index in [0.29, 0.717) is 6.07 Å². The molecule has 3 N–H and O–H groups in total. The van der Waals surface area contributed by atoms with E-state index in [1.54, 1.807) is 6.07 Å². The Kier molecular flexibility index (Phi) is 5.66. The Morgan fingerprint density at radius 3 is 2.35 bits per heavy atom. The van der Waals surface area contributed by atoms with E-state index >= 15 is 0 Å². The fraction of sp³-hybridized carbons (Fsp3) is 0. The summed E-state index contributed by atoms with van der Waals surface area (Å²) in [6.07, 6.45) is 0.943. The molecule has 0 unspecified atom stereocenters. The molecule has 0 bridgehead atoms. The first-order valence-electron chi connectivity index (χ1n) is 6.91. The molecular weight excluding hydrogens is 368 g/mol. The number of anilines is 2. The molecule has 7 nitrogen and oxygen atoms in total. The third-order valence-corrected chi connectivity index (χ3v) is 3.95. The van der Waals surface area contributed by atoms with Crippen molar-refractivity contribution in [3.63, 3.8) is 0 Å². The highest BCUT2D eigenvalue weighted by atomic mass is 32.2. The van der Waals surface area contributed by atoms with Crippen LogP contribution < -0.4 is 10.6 Å². The molecule has 2 aromatic rings. The average Bonchev–Trinajstić information content (AvgIpc) is 2.56. The van der Waals surface area contributed by atoms with Crippen molar-refractivity contribution in [2.75, 3.05) is 10.6 Å². The number of carbonyl (C=O) groups is 1. The number of amides is 1. The molecule has 2 rings (SSSR count). The van der Waals surface area contributed by atoms with E-state index in [-0.39, 0.29) is 16.3 Å². The lowest BCUT2D eigenvalue weighted by Crippen LogP contribution is -2.14. The number of hydrogen-bond acceptors (Lipinski definition) is 5. The van der Waals surface area contributed by atoms with Crippen LogP contribution >= 0.6 is 0 Å². The Morgan fingerprint density at radius 2 is 1.81 bits per heavy atom. The number of benzene rings is 2. The lowest BCUT2D eigenvalue weighted by molar-refractivity contribution is -0.112. The van der Waals surface area contributed by atoms with E-state index in [1.165, 1.54) is 12.1 Å². The SMILES string of the molecule is N#C/C(=C/Nc1ccc(F)cc1F)C(=O)Nc1ccc(S(=O)(=O)O)cc1. The first-order chi connectivity index (χ1) is 12.2. The Labute approximate surface area is 147 Å². The van der Waals surface area contributed by atoms with Gasteiger partial charge in [0.15, 0.2) is 0 Å². The molecule has 0 fully saturated rings. The van der Waals surface area contributed by atoms with Gasteiger partial charge in [-0.25, -0.2) is 8.78 Å². The molecule has 134 valence electrons. The van der Waals surface area contributed by atoms with Gasteiger partial charge in [-0.1, -0.05) is 0 Å². The van der Waals surface area contributed by atoms with Crippen molar-refractivity contribution >= 4 is 27.4 Å². The van der Waals surface area contributed by atoms with E-state index in [4.69, 9.17) is 9.81 Å². The molecule has 0 saturated carbocycles. The van der Waals surface area contributed by atoms with Gasteiger partial charge in [0.2, 0.25) is 0 Å². The minimum Gasteiger partial charge on any atom is -0.358 e. The second-order valence-electron chi connectivity index (χ2n) is 4.89. The van der Waals surface area contributed by atoms with Crippen LogP contribution in [0.15, 0.2) is 59.1 Å². The summed E-state index contributed by atoms with van der Waals surface area (Å²) in [5.74, 6) is -2.52. The van der Waals surface area contributed by atoms with E-state index < -0.39 is 33.2 Å². The fourth-order valence-electron chi connectivity index (χ4n) is 1.81. The lowest BCUT2D eigenvalue weighted by Gasteiger charge is -2.06. The number of nitrogens with one attached hydrogen (secondary N) is 2. The van der Waals surface area contributed by atoms with Gasteiger partial charge in [-0.3, -0.25) is 9.35 Å². The van der Waals surface area contributed by atoms with Gasteiger partial charge in [-0.2, -0.15) is 13.7 Å². The van der Waals surface area contributed by atoms with Crippen LogP contribution in [-0.4, -0.2) is 18.9 Å². The number of rotatable bonds is 5. The highest BCUT2D eigenvalue weighted by molar-refractivity contribution is 7.85. The monoisotopic (exact) mass is 379 g/mol. The summed E-state index contributed by atoms with van der Waals surface area (Å²) in [6, 6.07) is 8.90. The van der Waals surface area contributed by atoms with Crippen LogP contribution in [0.2, 0.25) is 0 Å². The average molecular weight is 379 g/mol. The zero-order valence-corrected chi connectivity index (χ0v) is 13.7. The highest BCUT2D eigenvalue weighted by Crippen LogP contribution is 2.16. The maximum Gasteiger partial charge on any atom is 0.294 e. The van der Waals surface area contributed by atoms with Gasteiger partial charge < -0.3 is 10.6 Å². The standard InChI is InChI=1S/C16H11F2N3O4S/c17-11-1-6-15(14(18)7-11)20-9-10(8-19)16(22)21-12-2-4-13(5-3-12)26(23,24)25/h1-7,9,20H,(H,21,22)(H,23,24,25)/b10-9-. The molecule has 0 atom stereocenters. The Balaban J connectivity index is 2.12. The van der Waals surface area contributed by atoms with Gasteiger partial charge in [0.05, 0.1) is 10.6 Å². The second-order valence-corrected chi connectivity index (χ2v) is 6.31. The molecular formula is C16H11F2N3O4S. The first-order valence-corrected chi connectivity index (χ1v) is 8.35. The van der Waals surface area contributed by atoms with Crippen molar-refractivity contribution in [2.24, 2.45) is 0 Å². The zero-order valence-electron chi connectivity index (χ0n) is 12.9. The van der Waals surface area contributed by atoms with Crippen molar-refractivity contribution in [3.8, 4) is 6.07 Å². The van der Waals surface area contributed by atoms with Gasteiger partial charge in [0.1, 0.15) is 23.3 Å². The molecule has 0 aliphatic rings. The largest absolute Gasteiger partial charge is 0.358 e. The summed E-state index contributed by atoms with van der Waals surface area (Å²) in [5, 5.41) is 13.8. The number of nitrogens with zero attached hydrogens (tertiary/aromatic N) is 1. The van der Waals surface area contributed by atoms with E-state index in [9.17, 15) is 22.0 Å². The molecule has 0 saturated heterocycles. The summed E-state index contributed by atoms with van der Waals surface area (Å²) in [7, 11) is -4.36. The summed E-state index contributed by atoms with van der Waals surface area (Å²) in [6.45, 7) is 0. The van der Waals surface area contributed by atoms with Gasteiger partial charge in [0.25, 0.3) is 16.0 Å². The third-order valence-electron chi connectivity index (χ3n) is 3.08. The molecule has 0 heterocycles. The number of halogens is 2. The first kappa shape index (κ1) is 19.0. The van der Waals surface area contributed by atoms with Crippen molar-refractivity contribution in [1.82, 2.24) is 0 Å². The summed E-state index contributed by atoms with van der Waals surface area (Å²) >= 11 is 0. The van der Waals surface area contributed by atoms with Crippen molar-refractivity contribution in [2.45, 2.75) is 4.90 Å². The Morgan fingerprint density at radius 1 is 1.15 bits per heavy atom. The predicted molar refractivity (Wildman–Crippen MR) is 88.6 cm³/mol. The molecule has 0 radical (unpaired) electrons. The van der Waals surface area contributed by atoms with Crippen LogP contribution in [0, 0.1) is 23.0 Å². The topological polar surface area (TPSA) is 119 Å². The van der Waals surface area contributed by atoms with Gasteiger partial charge in [-0.15, -0.1) is 0 Å². The minimum absolute atomic E-state index is 0.135. The van der Waals surface area contributed by atoms with E-state index in [2.05, 4.69) is 10.6 Å². The predicted octanol–water partition coefficient (Wildman–Crippen LogP) is 2.67. The van der Waals surface area contributed by atoms with Crippen LogP contribution in [0.3, 0.4) is 0 Å². The maximum absolute atomic E-state index is 13.5. The van der Waals surface area contributed by atoms with Gasteiger partial charge in [-0.05, 0) is 36.4 Å². The minimum atomic E-state index is -4.36. The van der Waals surface area contributed by atoms with Gasteiger partial charge in [0, 0.05) is 18.0 Å². The number of hydrogen-bond donors (Lipinski definition) is 3. The maximum atomic E-state index is 13.5. The summed E-state index contributed by atoms with van der Waals surface area (Å²) in [4.78, 5) is 11.7. The van der Waals surface area contributed by atoms with Crippen molar-refractivity contribution in [3.05, 3.63) is 65.9 Å². The number of nitriles is 1. The van der Waals surface area contributed by atoms with E-state index in [0.717, 1.165) is 30.5 Å². The quantitative estimate of drug-likeness (QED) is 0.417. The fourth-order valence-corrected chi connectivity index (χ4v) is 2.29.